The van der Waals surface area contributed by atoms with Crippen molar-refractivity contribution in [3.05, 3.63) is 0 Å². The molecule has 1 heterocycles. The molecule has 2 N–H and O–H groups in total. The van der Waals surface area contributed by atoms with Gasteiger partial charge in [-0.3, -0.25) is 0 Å². The predicted molar refractivity (Wildman–Crippen MR) is 90.5 cm³/mol. The standard InChI is InChI=1S/C17H34N2O4/c1-13(14-8-7-9-22-10-14)18-11-17(5,21)12-19(6)15(20)23-16(2,3)4/h13-14,18,21H,7-12H2,1-6H3/t13-,14-,17+/m0/s1. The fraction of sp³-hybridized carbons (Fsp3) is 0.941. The summed E-state index contributed by atoms with van der Waals surface area (Å²) >= 11 is 0. The SMILES string of the molecule is C[C@H](NC[C@@](C)(O)CN(C)C(=O)OC(C)(C)C)[C@H]1CCCOC1. The zero-order valence-electron chi connectivity index (χ0n) is 15.5. The molecule has 3 atom stereocenters. The van der Waals surface area contributed by atoms with Gasteiger partial charge in [-0.15, -0.1) is 0 Å². The first kappa shape index (κ1) is 20.2. The van der Waals surface area contributed by atoms with Crippen LogP contribution >= 0.6 is 0 Å². The van der Waals surface area contributed by atoms with Crippen LogP contribution in [0, 0.1) is 5.92 Å². The first-order chi connectivity index (χ1) is 10.5. The number of hydrogen-bond acceptors (Lipinski definition) is 5. The van der Waals surface area contributed by atoms with Gasteiger partial charge in [-0.05, 0) is 53.4 Å². The molecule has 23 heavy (non-hydrogen) atoms. The Balaban J connectivity index is 2.40. The molecule has 0 unspecified atom stereocenters. The molecular formula is C17H34N2O4. The van der Waals surface area contributed by atoms with Crippen molar-refractivity contribution in [2.75, 3.05) is 33.4 Å². The van der Waals surface area contributed by atoms with E-state index in [2.05, 4.69) is 12.2 Å². The quantitative estimate of drug-likeness (QED) is 0.779. The normalized spacial score (nSPS) is 23.0. The summed E-state index contributed by atoms with van der Waals surface area (Å²) in [4.78, 5) is 13.4. The Morgan fingerprint density at radius 2 is 2.09 bits per heavy atom. The fourth-order valence-electron chi connectivity index (χ4n) is 2.68. The molecule has 1 saturated heterocycles. The van der Waals surface area contributed by atoms with Gasteiger partial charge in [0.1, 0.15) is 5.60 Å². The van der Waals surface area contributed by atoms with E-state index in [0.717, 1.165) is 26.1 Å². The second kappa shape index (κ2) is 8.31. The maximum absolute atomic E-state index is 12.0. The zero-order chi connectivity index (χ0) is 17.7. The van der Waals surface area contributed by atoms with E-state index in [-0.39, 0.29) is 12.6 Å². The number of nitrogens with one attached hydrogen (secondary N) is 1. The Bertz CT molecular complexity index is 373. The van der Waals surface area contributed by atoms with E-state index in [9.17, 15) is 9.90 Å². The van der Waals surface area contributed by atoms with Crippen molar-refractivity contribution >= 4 is 6.09 Å². The number of ether oxygens (including phenoxy) is 2. The Morgan fingerprint density at radius 3 is 2.61 bits per heavy atom. The van der Waals surface area contributed by atoms with Crippen molar-refractivity contribution in [2.24, 2.45) is 5.92 Å². The lowest BCUT2D eigenvalue weighted by atomic mass is 9.94. The van der Waals surface area contributed by atoms with Gasteiger partial charge in [0.05, 0.1) is 18.8 Å². The zero-order valence-corrected chi connectivity index (χ0v) is 15.5. The minimum Gasteiger partial charge on any atom is -0.444 e. The Labute approximate surface area is 140 Å². The molecule has 6 nitrogen and oxygen atoms in total. The smallest absolute Gasteiger partial charge is 0.410 e. The maximum atomic E-state index is 12.0. The van der Waals surface area contributed by atoms with Crippen molar-refractivity contribution < 1.29 is 19.4 Å². The van der Waals surface area contributed by atoms with Gasteiger partial charge >= 0.3 is 6.09 Å². The number of rotatable bonds is 6. The van der Waals surface area contributed by atoms with Gasteiger partial charge in [0.25, 0.3) is 0 Å². The monoisotopic (exact) mass is 330 g/mol. The summed E-state index contributed by atoms with van der Waals surface area (Å²) in [6, 6.07) is 0.272. The van der Waals surface area contributed by atoms with E-state index in [1.165, 1.54) is 4.90 Å². The summed E-state index contributed by atoms with van der Waals surface area (Å²) in [5.74, 6) is 0.475. The molecule has 0 bridgehead atoms. The molecule has 1 fully saturated rings. The van der Waals surface area contributed by atoms with E-state index >= 15 is 0 Å². The van der Waals surface area contributed by atoms with Crippen LogP contribution in [-0.2, 0) is 9.47 Å². The number of carbonyl (C=O) groups is 1. The lowest BCUT2D eigenvalue weighted by Crippen LogP contribution is -2.51. The van der Waals surface area contributed by atoms with E-state index in [4.69, 9.17) is 9.47 Å². The number of amides is 1. The molecule has 6 heteroatoms. The molecule has 0 aliphatic carbocycles. The lowest BCUT2D eigenvalue weighted by Gasteiger charge is -2.34. The Morgan fingerprint density at radius 1 is 1.43 bits per heavy atom. The second-order valence-corrected chi connectivity index (χ2v) is 7.98. The van der Waals surface area contributed by atoms with E-state index < -0.39 is 17.3 Å². The molecule has 0 spiro atoms. The van der Waals surface area contributed by atoms with Gasteiger partial charge in [-0.2, -0.15) is 0 Å². The molecule has 0 aromatic heterocycles. The molecule has 136 valence electrons. The summed E-state index contributed by atoms with van der Waals surface area (Å²) in [5.41, 5.74) is -1.56. The molecule has 0 radical (unpaired) electrons. The van der Waals surface area contributed by atoms with Gasteiger partial charge in [0.2, 0.25) is 0 Å². The van der Waals surface area contributed by atoms with Crippen LogP contribution in [0.5, 0.6) is 0 Å². The molecule has 1 aliphatic rings. The molecule has 1 amide bonds. The minimum absolute atomic E-state index is 0.211. The highest BCUT2D eigenvalue weighted by molar-refractivity contribution is 5.67. The minimum atomic E-state index is -1.02. The summed E-state index contributed by atoms with van der Waals surface area (Å²) in [5, 5.41) is 13.9. The topological polar surface area (TPSA) is 71.0 Å². The van der Waals surface area contributed by atoms with Crippen molar-refractivity contribution in [2.45, 2.75) is 64.7 Å². The van der Waals surface area contributed by atoms with Crippen LogP contribution < -0.4 is 5.32 Å². The van der Waals surface area contributed by atoms with E-state index in [1.54, 1.807) is 14.0 Å². The number of aliphatic hydroxyl groups is 1. The van der Waals surface area contributed by atoms with Crippen LogP contribution in [0.15, 0.2) is 0 Å². The largest absolute Gasteiger partial charge is 0.444 e. The van der Waals surface area contributed by atoms with Crippen LogP contribution in [0.1, 0.15) is 47.5 Å². The van der Waals surface area contributed by atoms with Crippen LogP contribution in [0.2, 0.25) is 0 Å². The van der Waals surface area contributed by atoms with Gasteiger partial charge in [0.15, 0.2) is 0 Å². The van der Waals surface area contributed by atoms with Crippen LogP contribution in [0.4, 0.5) is 4.79 Å². The molecule has 0 saturated carbocycles. The molecule has 0 aromatic rings. The molecular weight excluding hydrogens is 296 g/mol. The van der Waals surface area contributed by atoms with Gasteiger partial charge < -0.3 is 24.8 Å². The first-order valence-corrected chi connectivity index (χ1v) is 8.48. The predicted octanol–water partition coefficient (Wildman–Crippen LogP) is 2.01. The van der Waals surface area contributed by atoms with Crippen molar-refractivity contribution in [3.63, 3.8) is 0 Å². The summed E-state index contributed by atoms with van der Waals surface area (Å²) in [6.07, 6.45) is 1.81. The number of carbonyl (C=O) groups excluding carboxylic acids is 1. The van der Waals surface area contributed by atoms with Crippen molar-refractivity contribution in [1.82, 2.24) is 10.2 Å². The maximum Gasteiger partial charge on any atom is 0.410 e. The molecule has 0 aromatic carbocycles. The third-order valence-corrected chi connectivity index (χ3v) is 3.99. The third-order valence-electron chi connectivity index (χ3n) is 3.99. The van der Waals surface area contributed by atoms with E-state index in [1.807, 2.05) is 20.8 Å². The van der Waals surface area contributed by atoms with E-state index in [0.29, 0.717) is 12.5 Å². The van der Waals surface area contributed by atoms with Gasteiger partial charge in [0, 0.05) is 26.2 Å². The Hall–Kier alpha value is -0.850. The number of hydrogen-bond donors (Lipinski definition) is 2. The summed E-state index contributed by atoms with van der Waals surface area (Å²) < 4.78 is 10.8. The average molecular weight is 330 g/mol. The number of nitrogens with zero attached hydrogens (tertiary/aromatic N) is 1. The molecule has 1 aliphatic heterocycles. The Kier molecular flexibility index (Phi) is 7.29. The highest BCUT2D eigenvalue weighted by Crippen LogP contribution is 2.18. The molecule has 1 rings (SSSR count). The van der Waals surface area contributed by atoms with Crippen LogP contribution in [-0.4, -0.2) is 66.7 Å². The second-order valence-electron chi connectivity index (χ2n) is 7.98. The van der Waals surface area contributed by atoms with Crippen molar-refractivity contribution in [3.8, 4) is 0 Å². The first-order valence-electron chi connectivity index (χ1n) is 8.48. The lowest BCUT2D eigenvalue weighted by molar-refractivity contribution is -0.00698. The van der Waals surface area contributed by atoms with Crippen molar-refractivity contribution in [1.29, 1.82) is 0 Å². The highest BCUT2D eigenvalue weighted by atomic mass is 16.6. The number of likely N-dealkylation sites (N-methyl/N-ethyl adjacent to an activating group) is 1. The fourth-order valence-corrected chi connectivity index (χ4v) is 2.68. The summed E-state index contributed by atoms with van der Waals surface area (Å²) in [7, 11) is 1.64. The summed E-state index contributed by atoms with van der Waals surface area (Å²) in [6.45, 7) is 11.6. The van der Waals surface area contributed by atoms with Gasteiger partial charge in [-0.25, -0.2) is 4.79 Å². The third kappa shape index (κ3) is 7.99. The van der Waals surface area contributed by atoms with Crippen LogP contribution in [0.3, 0.4) is 0 Å². The van der Waals surface area contributed by atoms with Crippen LogP contribution in [0.25, 0.3) is 0 Å². The average Bonchev–Trinajstić information content (AvgIpc) is 2.43. The highest BCUT2D eigenvalue weighted by Gasteiger charge is 2.29. The van der Waals surface area contributed by atoms with Gasteiger partial charge in [-0.1, -0.05) is 0 Å².